The maximum Gasteiger partial charge on any atom is 0.319 e. The van der Waals surface area contributed by atoms with Crippen LogP contribution < -0.4 is 21.7 Å². The average molecular weight is 558 g/mol. The number of rotatable bonds is 9. The number of nitrogens with two attached hydrogens (primary N) is 1. The fourth-order valence-corrected chi connectivity index (χ4v) is 4.68. The summed E-state index contributed by atoms with van der Waals surface area (Å²) in [5, 5.41) is 21.0. The molecule has 1 fully saturated rings. The summed E-state index contributed by atoms with van der Waals surface area (Å²) >= 11 is 0. The van der Waals surface area contributed by atoms with Gasteiger partial charge in [-0.1, -0.05) is 44.2 Å². The normalized spacial score (nSPS) is 14.8. The Bertz CT molecular complexity index is 1480. The van der Waals surface area contributed by atoms with Crippen molar-refractivity contribution in [2.45, 2.75) is 39.2 Å². The average Bonchev–Trinajstić information content (AvgIpc) is 3.68. The van der Waals surface area contributed by atoms with E-state index in [1.54, 1.807) is 6.20 Å². The molecule has 0 bridgehead atoms. The molecule has 2 amide bonds. The molecule has 41 heavy (non-hydrogen) atoms. The van der Waals surface area contributed by atoms with Crippen molar-refractivity contribution in [2.75, 3.05) is 37.5 Å². The molecule has 1 saturated heterocycles. The van der Waals surface area contributed by atoms with Crippen molar-refractivity contribution in [1.29, 1.82) is 0 Å². The summed E-state index contributed by atoms with van der Waals surface area (Å²) in [4.78, 5) is 16.8. The second-order valence-corrected chi connectivity index (χ2v) is 9.63. The Labute approximate surface area is 240 Å². The summed E-state index contributed by atoms with van der Waals surface area (Å²) < 4.78 is 7.48. The Hall–Kier alpha value is -4.41. The van der Waals surface area contributed by atoms with Gasteiger partial charge >= 0.3 is 6.03 Å². The molecule has 1 atom stereocenters. The van der Waals surface area contributed by atoms with Crippen molar-refractivity contribution in [2.24, 2.45) is 10.7 Å². The molecule has 0 radical (unpaired) electrons. The number of benzene rings is 2. The molecule has 3 heterocycles. The number of urea groups is 1. The van der Waals surface area contributed by atoms with E-state index in [1.807, 2.05) is 60.1 Å². The highest BCUT2D eigenvalue weighted by Crippen LogP contribution is 2.31. The molecule has 2 aromatic heterocycles. The second kappa shape index (κ2) is 14.3. The standard InChI is InChI=1S/C30H35N7O2.CH4O/c1-3-14-32-30(38)35-23-11-9-21(10-12-23)22-16-27-28(34-24-13-15-39-19-24)25(17-33-37(27)18-22)29(31)36-26-8-6-5-7-20(26)4-2;1-2/h5-12,16-18,24,34H,3-4,13-15,19H2,1-2H3,(H2,31,36)(H2,32,35,38);2H,1H3. The Kier molecular flexibility index (Phi) is 10.3. The number of aliphatic hydroxyl groups is 1. The third-order valence-corrected chi connectivity index (χ3v) is 6.82. The lowest BCUT2D eigenvalue weighted by Crippen LogP contribution is -2.29. The van der Waals surface area contributed by atoms with Crippen LogP contribution in [0.25, 0.3) is 16.6 Å². The first-order valence-electron chi connectivity index (χ1n) is 13.9. The van der Waals surface area contributed by atoms with Crippen LogP contribution in [0.2, 0.25) is 0 Å². The summed E-state index contributed by atoms with van der Waals surface area (Å²) in [6.45, 7) is 6.13. The Morgan fingerprint density at radius 3 is 2.63 bits per heavy atom. The van der Waals surface area contributed by atoms with Crippen LogP contribution in [0, 0.1) is 0 Å². The molecule has 216 valence electrons. The predicted octanol–water partition coefficient (Wildman–Crippen LogP) is 4.94. The molecule has 10 heteroatoms. The minimum Gasteiger partial charge on any atom is -0.400 e. The number of aryl methyl sites for hydroxylation is 1. The van der Waals surface area contributed by atoms with E-state index < -0.39 is 0 Å². The highest BCUT2D eigenvalue weighted by atomic mass is 16.5. The number of carbonyl (C=O) groups is 1. The number of aliphatic imine (C=N–C) groups is 1. The predicted molar refractivity (Wildman–Crippen MR) is 165 cm³/mol. The zero-order valence-electron chi connectivity index (χ0n) is 23.9. The largest absolute Gasteiger partial charge is 0.400 e. The SMILES string of the molecule is CCCNC(=O)Nc1ccc(-c2cc3c(NC4CCOC4)c(C(N)=Nc4ccccc4CC)cnn3c2)cc1.CO. The third-order valence-electron chi connectivity index (χ3n) is 6.82. The van der Waals surface area contributed by atoms with Crippen LogP contribution in [0.5, 0.6) is 0 Å². The molecule has 0 spiro atoms. The molecule has 10 nitrogen and oxygen atoms in total. The molecule has 6 N–H and O–H groups in total. The summed E-state index contributed by atoms with van der Waals surface area (Å²) in [7, 11) is 1.00. The lowest BCUT2D eigenvalue weighted by atomic mass is 10.1. The zero-order valence-corrected chi connectivity index (χ0v) is 23.9. The van der Waals surface area contributed by atoms with Crippen molar-refractivity contribution in [3.63, 3.8) is 0 Å². The number of hydrogen-bond donors (Lipinski definition) is 5. The number of nitrogens with one attached hydrogen (secondary N) is 3. The van der Waals surface area contributed by atoms with Gasteiger partial charge in [-0.3, -0.25) is 0 Å². The number of fused-ring (bicyclic) bond motifs is 1. The van der Waals surface area contributed by atoms with E-state index in [0.29, 0.717) is 19.0 Å². The number of anilines is 2. The van der Waals surface area contributed by atoms with Gasteiger partial charge in [-0.05, 0) is 54.7 Å². The third kappa shape index (κ3) is 7.22. The van der Waals surface area contributed by atoms with Gasteiger partial charge in [0.25, 0.3) is 0 Å². The first kappa shape index (κ1) is 29.6. The van der Waals surface area contributed by atoms with Gasteiger partial charge in [0.2, 0.25) is 0 Å². The Morgan fingerprint density at radius 2 is 1.93 bits per heavy atom. The van der Waals surface area contributed by atoms with Gasteiger partial charge in [-0.15, -0.1) is 0 Å². The van der Waals surface area contributed by atoms with E-state index in [0.717, 1.165) is 77.8 Å². The van der Waals surface area contributed by atoms with Crippen LogP contribution in [0.4, 0.5) is 21.9 Å². The molecular weight excluding hydrogens is 518 g/mol. The summed E-state index contributed by atoms with van der Waals surface area (Å²) in [5.74, 6) is 0.409. The van der Waals surface area contributed by atoms with Gasteiger partial charge in [0.15, 0.2) is 0 Å². The topological polar surface area (TPSA) is 138 Å². The molecule has 0 saturated carbocycles. The molecule has 1 aliphatic rings. The van der Waals surface area contributed by atoms with Crippen molar-refractivity contribution in [3.05, 3.63) is 78.1 Å². The van der Waals surface area contributed by atoms with Gasteiger partial charge in [0.1, 0.15) is 5.84 Å². The van der Waals surface area contributed by atoms with E-state index in [9.17, 15) is 4.79 Å². The highest BCUT2D eigenvalue weighted by molar-refractivity contribution is 6.06. The molecule has 5 rings (SSSR count). The van der Waals surface area contributed by atoms with E-state index >= 15 is 0 Å². The maximum absolute atomic E-state index is 12.0. The number of aromatic nitrogens is 2. The van der Waals surface area contributed by atoms with Crippen molar-refractivity contribution < 1.29 is 14.6 Å². The van der Waals surface area contributed by atoms with Gasteiger partial charge in [-0.25, -0.2) is 14.3 Å². The van der Waals surface area contributed by atoms with Gasteiger partial charge in [0.05, 0.1) is 41.3 Å². The maximum atomic E-state index is 12.0. The summed E-state index contributed by atoms with van der Waals surface area (Å²) in [6.07, 6.45) is 6.43. The van der Waals surface area contributed by atoms with Crippen LogP contribution >= 0.6 is 0 Å². The fourth-order valence-electron chi connectivity index (χ4n) is 4.68. The number of ether oxygens (including phenoxy) is 1. The van der Waals surface area contributed by atoms with Crippen LogP contribution in [-0.2, 0) is 11.2 Å². The molecular formula is C31H39N7O3. The Morgan fingerprint density at radius 1 is 1.15 bits per heavy atom. The minimum atomic E-state index is -0.205. The molecule has 1 aliphatic heterocycles. The van der Waals surface area contributed by atoms with Gasteiger partial charge < -0.3 is 31.5 Å². The van der Waals surface area contributed by atoms with Crippen molar-refractivity contribution >= 4 is 34.4 Å². The highest BCUT2D eigenvalue weighted by Gasteiger charge is 2.21. The molecule has 1 unspecified atom stereocenters. The monoisotopic (exact) mass is 557 g/mol. The number of amidine groups is 1. The van der Waals surface area contributed by atoms with Gasteiger partial charge in [-0.2, -0.15) is 5.10 Å². The quantitative estimate of drug-likeness (QED) is 0.146. The van der Waals surface area contributed by atoms with Crippen molar-refractivity contribution in [3.8, 4) is 11.1 Å². The summed E-state index contributed by atoms with van der Waals surface area (Å²) in [6, 6.07) is 17.9. The van der Waals surface area contributed by atoms with E-state index in [4.69, 9.17) is 20.6 Å². The first-order valence-corrected chi connectivity index (χ1v) is 13.9. The number of aliphatic hydroxyl groups excluding tert-OH is 1. The van der Waals surface area contributed by atoms with E-state index in [-0.39, 0.29) is 12.1 Å². The number of hydrogen-bond acceptors (Lipinski definition) is 6. The van der Waals surface area contributed by atoms with E-state index in [2.05, 4.69) is 40.1 Å². The fraction of sp³-hybridized carbons (Fsp3) is 0.323. The van der Waals surface area contributed by atoms with Crippen LogP contribution in [-0.4, -0.2) is 59.5 Å². The molecule has 0 aliphatic carbocycles. The minimum absolute atomic E-state index is 0.174. The lowest BCUT2D eigenvalue weighted by Gasteiger charge is -2.17. The number of amides is 2. The second-order valence-electron chi connectivity index (χ2n) is 9.63. The smallest absolute Gasteiger partial charge is 0.319 e. The number of para-hydroxylation sites is 1. The number of carbonyl (C=O) groups excluding carboxylic acids is 1. The summed E-state index contributed by atoms with van der Waals surface area (Å²) in [5.41, 5.74) is 13.9. The van der Waals surface area contributed by atoms with Crippen LogP contribution in [0.1, 0.15) is 37.8 Å². The van der Waals surface area contributed by atoms with Gasteiger partial charge in [0, 0.05) is 37.7 Å². The lowest BCUT2D eigenvalue weighted by molar-refractivity contribution is 0.195. The number of nitrogens with zero attached hydrogens (tertiary/aromatic N) is 3. The van der Waals surface area contributed by atoms with E-state index in [1.165, 1.54) is 0 Å². The Balaban J connectivity index is 0.00000189. The van der Waals surface area contributed by atoms with Crippen molar-refractivity contribution in [1.82, 2.24) is 14.9 Å². The molecule has 4 aromatic rings. The molecule has 2 aromatic carbocycles. The van der Waals surface area contributed by atoms with Crippen LogP contribution in [0.15, 0.2) is 72.0 Å². The first-order chi connectivity index (χ1) is 20.1. The van der Waals surface area contributed by atoms with Crippen LogP contribution in [0.3, 0.4) is 0 Å². The zero-order chi connectivity index (χ0) is 29.2.